The third kappa shape index (κ3) is 3.95. The summed E-state index contributed by atoms with van der Waals surface area (Å²) in [4.78, 5) is 20.9. The van der Waals surface area contributed by atoms with Gasteiger partial charge in [-0.2, -0.15) is 5.26 Å². The second kappa shape index (κ2) is 7.32. The Hall–Kier alpha value is -2.92. The predicted octanol–water partition coefficient (Wildman–Crippen LogP) is 1.40. The maximum absolute atomic E-state index is 12.4. The molecule has 0 bridgehead atoms. The standard InChI is InChI=1S/C17H20N6O2/c1-12-9-15(21-25-12)20-17(24)13(2)22-5-7-23(8-6-22)16-10-14(11-18)3-4-19-16/h3-4,9-10,13H,5-8H2,1-2H3,(H,20,21,24)/t13-/m0/s1. The van der Waals surface area contributed by atoms with Crippen LogP contribution >= 0.6 is 0 Å². The van der Waals surface area contributed by atoms with Crippen molar-refractivity contribution in [3.8, 4) is 6.07 Å². The largest absolute Gasteiger partial charge is 0.360 e. The summed E-state index contributed by atoms with van der Waals surface area (Å²) in [6.45, 7) is 6.65. The molecule has 0 radical (unpaired) electrons. The lowest BCUT2D eigenvalue weighted by Crippen LogP contribution is -2.53. The Morgan fingerprint density at radius 2 is 2.12 bits per heavy atom. The highest BCUT2D eigenvalue weighted by Crippen LogP contribution is 2.16. The van der Waals surface area contributed by atoms with E-state index in [-0.39, 0.29) is 11.9 Å². The van der Waals surface area contributed by atoms with Gasteiger partial charge in [-0.05, 0) is 26.0 Å². The third-order valence-corrected chi connectivity index (χ3v) is 4.32. The Morgan fingerprint density at radius 1 is 1.36 bits per heavy atom. The molecule has 3 rings (SSSR count). The second-order valence-electron chi connectivity index (χ2n) is 6.03. The molecule has 0 aliphatic carbocycles. The van der Waals surface area contributed by atoms with Gasteiger partial charge in [0.25, 0.3) is 0 Å². The Morgan fingerprint density at radius 3 is 2.76 bits per heavy atom. The fourth-order valence-corrected chi connectivity index (χ4v) is 2.82. The van der Waals surface area contributed by atoms with Crippen molar-refractivity contribution in [2.45, 2.75) is 19.9 Å². The second-order valence-corrected chi connectivity index (χ2v) is 6.03. The molecule has 2 aromatic heterocycles. The minimum atomic E-state index is -0.266. The number of carbonyl (C=O) groups excluding carboxylic acids is 1. The monoisotopic (exact) mass is 340 g/mol. The number of rotatable bonds is 4. The molecule has 8 heteroatoms. The highest BCUT2D eigenvalue weighted by atomic mass is 16.5. The highest BCUT2D eigenvalue weighted by molar-refractivity contribution is 5.93. The van der Waals surface area contributed by atoms with Crippen LogP contribution in [0.1, 0.15) is 18.2 Å². The first-order valence-corrected chi connectivity index (χ1v) is 8.16. The molecule has 1 aliphatic heterocycles. The zero-order valence-electron chi connectivity index (χ0n) is 14.3. The van der Waals surface area contributed by atoms with Crippen LogP contribution in [0.15, 0.2) is 28.9 Å². The molecule has 25 heavy (non-hydrogen) atoms. The average molecular weight is 340 g/mol. The van der Waals surface area contributed by atoms with Crippen LogP contribution in [-0.4, -0.2) is 53.2 Å². The number of aromatic nitrogens is 2. The van der Waals surface area contributed by atoms with Crippen LogP contribution in [0.3, 0.4) is 0 Å². The average Bonchev–Trinajstić information content (AvgIpc) is 3.06. The van der Waals surface area contributed by atoms with Crippen LogP contribution in [0.2, 0.25) is 0 Å². The summed E-state index contributed by atoms with van der Waals surface area (Å²) >= 11 is 0. The Bertz CT molecular complexity index is 788. The Kier molecular flexibility index (Phi) is 4.95. The van der Waals surface area contributed by atoms with E-state index in [4.69, 9.17) is 9.78 Å². The zero-order chi connectivity index (χ0) is 17.8. The van der Waals surface area contributed by atoms with E-state index in [9.17, 15) is 4.79 Å². The summed E-state index contributed by atoms with van der Waals surface area (Å²) in [5, 5.41) is 15.6. The van der Waals surface area contributed by atoms with Gasteiger partial charge in [-0.3, -0.25) is 9.69 Å². The molecule has 1 fully saturated rings. The van der Waals surface area contributed by atoms with E-state index < -0.39 is 0 Å². The van der Waals surface area contributed by atoms with Crippen molar-refractivity contribution in [3.05, 3.63) is 35.7 Å². The van der Waals surface area contributed by atoms with E-state index in [1.54, 1.807) is 31.3 Å². The minimum Gasteiger partial charge on any atom is -0.360 e. The van der Waals surface area contributed by atoms with E-state index in [1.807, 2.05) is 6.92 Å². The van der Waals surface area contributed by atoms with Crippen LogP contribution in [0, 0.1) is 18.3 Å². The number of aryl methyl sites for hydroxylation is 1. The number of carbonyl (C=O) groups is 1. The van der Waals surface area contributed by atoms with Crippen molar-refractivity contribution in [2.24, 2.45) is 0 Å². The molecule has 3 heterocycles. The molecule has 1 saturated heterocycles. The van der Waals surface area contributed by atoms with Gasteiger partial charge in [0.1, 0.15) is 11.6 Å². The summed E-state index contributed by atoms with van der Waals surface area (Å²) in [5.74, 6) is 1.79. The first-order valence-electron chi connectivity index (χ1n) is 8.16. The van der Waals surface area contributed by atoms with Crippen molar-refractivity contribution < 1.29 is 9.32 Å². The van der Waals surface area contributed by atoms with E-state index in [2.05, 4.69) is 31.3 Å². The molecule has 2 aromatic rings. The van der Waals surface area contributed by atoms with Gasteiger partial charge in [-0.25, -0.2) is 4.98 Å². The van der Waals surface area contributed by atoms with Gasteiger partial charge >= 0.3 is 0 Å². The van der Waals surface area contributed by atoms with Crippen molar-refractivity contribution in [1.82, 2.24) is 15.0 Å². The summed E-state index contributed by atoms with van der Waals surface area (Å²) < 4.78 is 4.96. The van der Waals surface area contributed by atoms with E-state index in [0.29, 0.717) is 17.1 Å². The molecule has 130 valence electrons. The molecular formula is C17H20N6O2. The fraction of sp³-hybridized carbons (Fsp3) is 0.412. The number of nitrogens with zero attached hydrogens (tertiary/aromatic N) is 5. The Labute approximate surface area is 146 Å². The van der Waals surface area contributed by atoms with E-state index in [1.165, 1.54) is 0 Å². The number of anilines is 2. The summed E-state index contributed by atoms with van der Waals surface area (Å²) in [6.07, 6.45) is 1.65. The van der Waals surface area contributed by atoms with Gasteiger partial charge in [-0.1, -0.05) is 5.16 Å². The molecule has 1 N–H and O–H groups in total. The van der Waals surface area contributed by atoms with Crippen LogP contribution in [0.4, 0.5) is 11.6 Å². The maximum atomic E-state index is 12.4. The first-order chi connectivity index (χ1) is 12.1. The summed E-state index contributed by atoms with van der Waals surface area (Å²) in [6, 6.07) is 7.04. The fourth-order valence-electron chi connectivity index (χ4n) is 2.82. The van der Waals surface area contributed by atoms with Crippen LogP contribution in [0.25, 0.3) is 0 Å². The summed E-state index contributed by atoms with van der Waals surface area (Å²) in [5.41, 5.74) is 0.600. The lowest BCUT2D eigenvalue weighted by atomic mass is 10.2. The third-order valence-electron chi connectivity index (χ3n) is 4.32. The molecule has 1 atom stereocenters. The normalized spacial score (nSPS) is 16.3. The predicted molar refractivity (Wildman–Crippen MR) is 92.1 cm³/mol. The Balaban J connectivity index is 1.56. The van der Waals surface area contributed by atoms with Gasteiger partial charge in [-0.15, -0.1) is 0 Å². The molecule has 1 aliphatic rings. The van der Waals surface area contributed by atoms with E-state index in [0.717, 1.165) is 32.0 Å². The van der Waals surface area contributed by atoms with Crippen molar-refractivity contribution in [1.29, 1.82) is 5.26 Å². The smallest absolute Gasteiger partial charge is 0.242 e. The van der Waals surface area contributed by atoms with Crippen LogP contribution < -0.4 is 10.2 Å². The molecule has 0 spiro atoms. The minimum absolute atomic E-state index is 0.105. The van der Waals surface area contributed by atoms with Crippen LogP contribution in [0.5, 0.6) is 0 Å². The maximum Gasteiger partial charge on any atom is 0.242 e. The number of nitrogens with one attached hydrogen (secondary N) is 1. The number of nitriles is 1. The van der Waals surface area contributed by atoms with Crippen molar-refractivity contribution >= 4 is 17.5 Å². The molecule has 1 amide bonds. The van der Waals surface area contributed by atoms with Gasteiger partial charge in [0, 0.05) is 38.4 Å². The van der Waals surface area contributed by atoms with Gasteiger partial charge in [0.15, 0.2) is 5.82 Å². The number of pyridine rings is 1. The molecule has 0 saturated carbocycles. The molecular weight excluding hydrogens is 320 g/mol. The first kappa shape index (κ1) is 16.9. The molecule has 0 aromatic carbocycles. The van der Waals surface area contributed by atoms with Gasteiger partial charge in [0.05, 0.1) is 17.7 Å². The van der Waals surface area contributed by atoms with Crippen molar-refractivity contribution in [3.63, 3.8) is 0 Å². The number of hydrogen-bond acceptors (Lipinski definition) is 7. The lowest BCUT2D eigenvalue weighted by molar-refractivity contribution is -0.120. The highest BCUT2D eigenvalue weighted by Gasteiger charge is 2.26. The SMILES string of the molecule is Cc1cc(NC(=O)[C@H](C)N2CCN(c3cc(C#N)ccn3)CC2)no1. The quantitative estimate of drug-likeness (QED) is 0.898. The number of piperazine rings is 1. The number of amides is 1. The molecule has 0 unspecified atom stereocenters. The summed E-state index contributed by atoms with van der Waals surface area (Å²) in [7, 11) is 0. The van der Waals surface area contributed by atoms with Gasteiger partial charge < -0.3 is 14.7 Å². The van der Waals surface area contributed by atoms with Gasteiger partial charge in [0.2, 0.25) is 5.91 Å². The topological polar surface area (TPSA) is 98.3 Å². The lowest BCUT2D eigenvalue weighted by Gasteiger charge is -2.37. The zero-order valence-corrected chi connectivity index (χ0v) is 14.3. The number of hydrogen-bond donors (Lipinski definition) is 1. The van der Waals surface area contributed by atoms with Crippen molar-refractivity contribution in [2.75, 3.05) is 36.4 Å². The van der Waals surface area contributed by atoms with Crippen LogP contribution in [-0.2, 0) is 4.79 Å². The van der Waals surface area contributed by atoms with E-state index >= 15 is 0 Å². The molecule has 8 nitrogen and oxygen atoms in total.